The van der Waals surface area contributed by atoms with Crippen molar-refractivity contribution in [3.05, 3.63) is 39.7 Å². The highest BCUT2D eigenvalue weighted by atomic mass is 35.5. The number of benzene rings is 1. The molecule has 1 aromatic carbocycles. The lowest BCUT2D eigenvalue weighted by molar-refractivity contribution is -0.00697. The zero-order chi connectivity index (χ0) is 18.8. The maximum atomic E-state index is 12.6. The number of hydrogen-bond acceptors (Lipinski definition) is 5. The molecule has 1 aliphatic heterocycles. The fraction of sp³-hybridized carbons (Fsp3) is 0.444. The number of carbonyl (C=O) groups is 1. The quantitative estimate of drug-likeness (QED) is 0.834. The molecule has 140 valence electrons. The summed E-state index contributed by atoms with van der Waals surface area (Å²) < 4.78 is 16.3. The molecular weight excluding hydrogens is 358 g/mol. The summed E-state index contributed by atoms with van der Waals surface area (Å²) in [5.74, 6) is 0.740. The van der Waals surface area contributed by atoms with E-state index in [9.17, 15) is 4.79 Å². The van der Waals surface area contributed by atoms with E-state index in [0.29, 0.717) is 35.2 Å². The van der Waals surface area contributed by atoms with Crippen LogP contribution in [0.4, 0.5) is 0 Å². The van der Waals surface area contributed by atoms with Crippen molar-refractivity contribution in [3.63, 3.8) is 0 Å². The van der Waals surface area contributed by atoms with Crippen molar-refractivity contribution in [2.75, 3.05) is 14.2 Å². The SMILES string of the molecule is COc1cc(CNC(=O)c2n[nH]c3c2C[C@H](C)O[C@@H]3C)cc(Cl)c1OC. The number of halogens is 1. The van der Waals surface area contributed by atoms with E-state index in [-0.39, 0.29) is 18.1 Å². The molecule has 2 heterocycles. The summed E-state index contributed by atoms with van der Waals surface area (Å²) in [6.45, 7) is 4.22. The molecule has 0 unspecified atom stereocenters. The Morgan fingerprint density at radius 1 is 1.38 bits per heavy atom. The fourth-order valence-corrected chi connectivity index (χ4v) is 3.51. The van der Waals surface area contributed by atoms with Crippen LogP contribution in [0.25, 0.3) is 0 Å². The van der Waals surface area contributed by atoms with Crippen LogP contribution < -0.4 is 14.8 Å². The summed E-state index contributed by atoms with van der Waals surface area (Å²) in [7, 11) is 3.06. The molecule has 3 rings (SSSR count). The van der Waals surface area contributed by atoms with Gasteiger partial charge in [-0.25, -0.2) is 0 Å². The summed E-state index contributed by atoms with van der Waals surface area (Å²) in [6, 6.07) is 3.52. The number of aromatic amines is 1. The fourth-order valence-electron chi connectivity index (χ4n) is 3.20. The first kappa shape index (κ1) is 18.5. The predicted molar refractivity (Wildman–Crippen MR) is 97.0 cm³/mol. The molecule has 26 heavy (non-hydrogen) atoms. The van der Waals surface area contributed by atoms with Crippen molar-refractivity contribution in [3.8, 4) is 11.5 Å². The molecule has 2 atom stereocenters. The van der Waals surface area contributed by atoms with Crippen LogP contribution in [0.3, 0.4) is 0 Å². The van der Waals surface area contributed by atoms with Gasteiger partial charge in [0.15, 0.2) is 17.2 Å². The molecule has 1 amide bonds. The zero-order valence-corrected chi connectivity index (χ0v) is 15.9. The van der Waals surface area contributed by atoms with Gasteiger partial charge in [-0.1, -0.05) is 11.6 Å². The Balaban J connectivity index is 1.75. The zero-order valence-electron chi connectivity index (χ0n) is 15.2. The van der Waals surface area contributed by atoms with Crippen LogP contribution in [-0.4, -0.2) is 36.4 Å². The molecule has 2 N–H and O–H groups in total. The summed E-state index contributed by atoms with van der Waals surface area (Å²) in [5, 5.41) is 10.4. The van der Waals surface area contributed by atoms with Crippen molar-refractivity contribution in [2.24, 2.45) is 0 Å². The molecular formula is C18H22ClN3O4. The molecule has 1 aromatic heterocycles. The largest absolute Gasteiger partial charge is 0.493 e. The minimum atomic E-state index is -0.241. The average molecular weight is 380 g/mol. The summed E-state index contributed by atoms with van der Waals surface area (Å²) in [4.78, 5) is 12.6. The van der Waals surface area contributed by atoms with E-state index in [1.54, 1.807) is 12.1 Å². The van der Waals surface area contributed by atoms with Crippen LogP contribution in [0.1, 0.15) is 47.3 Å². The highest BCUT2D eigenvalue weighted by Crippen LogP contribution is 2.36. The maximum Gasteiger partial charge on any atom is 0.272 e. The highest BCUT2D eigenvalue weighted by molar-refractivity contribution is 6.32. The molecule has 0 bridgehead atoms. The van der Waals surface area contributed by atoms with E-state index in [0.717, 1.165) is 16.8 Å². The number of ether oxygens (including phenoxy) is 3. The van der Waals surface area contributed by atoms with Gasteiger partial charge in [0.25, 0.3) is 5.91 Å². The number of H-pyrrole nitrogens is 1. The summed E-state index contributed by atoms with van der Waals surface area (Å²) in [5.41, 5.74) is 2.99. The Morgan fingerprint density at radius 2 is 2.15 bits per heavy atom. The van der Waals surface area contributed by atoms with Crippen molar-refractivity contribution in [1.29, 1.82) is 0 Å². The monoisotopic (exact) mass is 379 g/mol. The smallest absolute Gasteiger partial charge is 0.272 e. The van der Waals surface area contributed by atoms with Crippen molar-refractivity contribution in [1.82, 2.24) is 15.5 Å². The Hall–Kier alpha value is -2.25. The number of fused-ring (bicyclic) bond motifs is 1. The van der Waals surface area contributed by atoms with E-state index in [1.165, 1.54) is 14.2 Å². The Kier molecular flexibility index (Phi) is 5.38. The summed E-state index contributed by atoms with van der Waals surface area (Å²) in [6.07, 6.45) is 0.597. The Labute approximate surface area is 157 Å². The first-order chi connectivity index (χ1) is 12.4. The topological polar surface area (TPSA) is 85.5 Å². The van der Waals surface area contributed by atoms with Gasteiger partial charge in [-0.3, -0.25) is 9.89 Å². The van der Waals surface area contributed by atoms with Gasteiger partial charge < -0.3 is 19.5 Å². The molecule has 0 spiro atoms. The summed E-state index contributed by atoms with van der Waals surface area (Å²) >= 11 is 6.21. The third kappa shape index (κ3) is 3.50. The first-order valence-corrected chi connectivity index (χ1v) is 8.73. The maximum absolute atomic E-state index is 12.6. The van der Waals surface area contributed by atoms with E-state index in [4.69, 9.17) is 25.8 Å². The Bertz CT molecular complexity index is 821. The molecule has 7 nitrogen and oxygen atoms in total. The average Bonchev–Trinajstić information content (AvgIpc) is 3.03. The molecule has 0 saturated carbocycles. The van der Waals surface area contributed by atoms with Gasteiger partial charge in [0, 0.05) is 18.5 Å². The second kappa shape index (κ2) is 7.55. The minimum Gasteiger partial charge on any atom is -0.493 e. The third-order valence-electron chi connectivity index (χ3n) is 4.40. The third-order valence-corrected chi connectivity index (χ3v) is 4.68. The second-order valence-corrected chi connectivity index (χ2v) is 6.66. The molecule has 8 heteroatoms. The lowest BCUT2D eigenvalue weighted by Crippen LogP contribution is -2.27. The van der Waals surface area contributed by atoms with Crippen LogP contribution in [0.15, 0.2) is 12.1 Å². The molecule has 0 fully saturated rings. The number of nitrogens with zero attached hydrogens (tertiary/aromatic N) is 1. The van der Waals surface area contributed by atoms with Gasteiger partial charge in [-0.15, -0.1) is 0 Å². The lowest BCUT2D eigenvalue weighted by Gasteiger charge is -2.25. The number of rotatable bonds is 5. The van der Waals surface area contributed by atoms with Crippen molar-refractivity contribution < 1.29 is 19.0 Å². The molecule has 2 aromatic rings. The number of aromatic nitrogens is 2. The van der Waals surface area contributed by atoms with Crippen LogP contribution >= 0.6 is 11.6 Å². The number of hydrogen-bond donors (Lipinski definition) is 2. The van der Waals surface area contributed by atoms with Crippen LogP contribution in [-0.2, 0) is 17.7 Å². The molecule has 0 saturated heterocycles. The van der Waals surface area contributed by atoms with Crippen LogP contribution in [0.5, 0.6) is 11.5 Å². The molecule has 0 radical (unpaired) electrons. The Morgan fingerprint density at radius 3 is 2.85 bits per heavy atom. The normalized spacial score (nSPS) is 19.0. The van der Waals surface area contributed by atoms with Gasteiger partial charge in [0.1, 0.15) is 0 Å². The van der Waals surface area contributed by atoms with Crippen LogP contribution in [0.2, 0.25) is 5.02 Å². The highest BCUT2D eigenvalue weighted by Gasteiger charge is 2.29. The number of carbonyl (C=O) groups excluding carboxylic acids is 1. The van der Waals surface area contributed by atoms with Gasteiger partial charge in [-0.2, -0.15) is 5.10 Å². The van der Waals surface area contributed by atoms with E-state index < -0.39 is 0 Å². The molecule has 1 aliphatic rings. The van der Waals surface area contributed by atoms with Gasteiger partial charge in [-0.05, 0) is 31.5 Å². The van der Waals surface area contributed by atoms with Gasteiger partial charge in [0.2, 0.25) is 0 Å². The molecule has 0 aliphatic carbocycles. The van der Waals surface area contributed by atoms with E-state index in [1.807, 2.05) is 13.8 Å². The van der Waals surface area contributed by atoms with Crippen LogP contribution in [0, 0.1) is 0 Å². The van der Waals surface area contributed by atoms with Gasteiger partial charge in [0.05, 0.1) is 37.1 Å². The first-order valence-electron chi connectivity index (χ1n) is 8.35. The second-order valence-electron chi connectivity index (χ2n) is 6.25. The van der Waals surface area contributed by atoms with Crippen molar-refractivity contribution in [2.45, 2.75) is 39.0 Å². The number of nitrogens with one attached hydrogen (secondary N) is 2. The van der Waals surface area contributed by atoms with Gasteiger partial charge >= 0.3 is 0 Å². The predicted octanol–water partition coefficient (Wildman–Crippen LogP) is 3.03. The minimum absolute atomic E-state index is 0.0475. The number of methoxy groups -OCH3 is 2. The van der Waals surface area contributed by atoms with E-state index >= 15 is 0 Å². The standard InChI is InChI=1S/C18H22ClN3O4/c1-9-5-12-15(10(2)26-9)21-22-16(12)18(23)20-8-11-6-13(19)17(25-4)14(7-11)24-3/h6-7,9-10H,5,8H2,1-4H3,(H,20,23)(H,21,22)/t9-,10+/m0/s1. The van der Waals surface area contributed by atoms with E-state index in [2.05, 4.69) is 15.5 Å². The lowest BCUT2D eigenvalue weighted by atomic mass is 9.99. The van der Waals surface area contributed by atoms with Crippen molar-refractivity contribution >= 4 is 17.5 Å². The number of amides is 1.